The number of benzene rings is 1. The maximum atomic E-state index is 11.9. The smallest absolute Gasteiger partial charge is 0.262 e. The molecule has 0 radical (unpaired) electrons. The molecule has 1 heterocycles. The number of rotatable bonds is 9. The van der Waals surface area contributed by atoms with E-state index in [4.69, 9.17) is 15.1 Å². The van der Waals surface area contributed by atoms with E-state index >= 15 is 0 Å². The zero-order valence-corrected chi connectivity index (χ0v) is 15.2. The lowest BCUT2D eigenvalue weighted by Crippen LogP contribution is -2.38. The van der Waals surface area contributed by atoms with Crippen molar-refractivity contribution in [2.45, 2.75) is 6.10 Å². The highest BCUT2D eigenvalue weighted by molar-refractivity contribution is 6.01. The van der Waals surface area contributed by atoms with E-state index in [1.54, 1.807) is 0 Å². The number of ether oxygens (including phenoxy) is 1. The number of amides is 1. The van der Waals surface area contributed by atoms with E-state index in [0.717, 1.165) is 50.6 Å². The number of aliphatic hydroxyl groups excluding tert-OH is 2. The predicted octanol–water partition coefficient (Wildman–Crippen LogP) is -0.193. The largest absolute Gasteiger partial charge is 0.394 e. The highest BCUT2D eigenvalue weighted by atomic mass is 16.5. The van der Waals surface area contributed by atoms with Gasteiger partial charge in [-0.2, -0.15) is 5.26 Å². The third-order valence-electron chi connectivity index (χ3n) is 4.16. The van der Waals surface area contributed by atoms with Gasteiger partial charge in [0.2, 0.25) is 0 Å². The van der Waals surface area contributed by atoms with Crippen LogP contribution in [0.2, 0.25) is 0 Å². The predicted molar refractivity (Wildman–Crippen MR) is 102 cm³/mol. The van der Waals surface area contributed by atoms with Gasteiger partial charge in [-0.15, -0.1) is 0 Å². The topological polar surface area (TPSA) is 118 Å². The van der Waals surface area contributed by atoms with Gasteiger partial charge in [-0.3, -0.25) is 9.69 Å². The van der Waals surface area contributed by atoms with Crippen LogP contribution in [0.1, 0.15) is 5.56 Å². The van der Waals surface area contributed by atoms with Crippen LogP contribution in [0.15, 0.2) is 29.8 Å². The van der Waals surface area contributed by atoms with Gasteiger partial charge < -0.3 is 25.6 Å². The standard InChI is InChI=1S/C19H26N4O4/c20-12-16(19(26)22-13-18(25)14-24)11-15-1-3-17(4-2-15)21-5-6-23-7-9-27-10-8-23/h1-4,11,18,21,24-25H,5-10,13-14H2,(H,22,26). The van der Waals surface area contributed by atoms with Crippen LogP contribution in [0.3, 0.4) is 0 Å². The van der Waals surface area contributed by atoms with Crippen molar-refractivity contribution in [3.05, 3.63) is 35.4 Å². The van der Waals surface area contributed by atoms with E-state index in [0.29, 0.717) is 0 Å². The van der Waals surface area contributed by atoms with Crippen molar-refractivity contribution >= 4 is 17.7 Å². The first kappa shape index (κ1) is 20.9. The van der Waals surface area contributed by atoms with Crippen LogP contribution < -0.4 is 10.6 Å². The number of carbonyl (C=O) groups is 1. The third kappa shape index (κ3) is 7.37. The first-order valence-corrected chi connectivity index (χ1v) is 8.95. The molecule has 1 aliphatic heterocycles. The Bertz CT molecular complexity index is 663. The minimum atomic E-state index is -1.04. The highest BCUT2D eigenvalue weighted by Gasteiger charge is 2.11. The van der Waals surface area contributed by atoms with Crippen LogP contribution in [-0.2, 0) is 9.53 Å². The van der Waals surface area contributed by atoms with E-state index in [1.807, 2.05) is 30.3 Å². The quantitative estimate of drug-likeness (QED) is 0.349. The molecule has 0 aliphatic carbocycles. The summed E-state index contributed by atoms with van der Waals surface area (Å²) in [4.78, 5) is 14.3. The van der Waals surface area contributed by atoms with Crippen molar-refractivity contribution in [2.75, 3.05) is 57.9 Å². The number of carbonyl (C=O) groups excluding carboxylic acids is 1. The molecule has 27 heavy (non-hydrogen) atoms. The molecule has 0 bridgehead atoms. The Morgan fingerprint density at radius 1 is 1.33 bits per heavy atom. The molecule has 1 amide bonds. The maximum Gasteiger partial charge on any atom is 0.262 e. The molecule has 1 fully saturated rings. The number of hydrogen-bond donors (Lipinski definition) is 4. The van der Waals surface area contributed by atoms with E-state index in [-0.39, 0.29) is 12.1 Å². The lowest BCUT2D eigenvalue weighted by Gasteiger charge is -2.26. The van der Waals surface area contributed by atoms with Gasteiger partial charge in [0, 0.05) is 38.4 Å². The van der Waals surface area contributed by atoms with Crippen molar-refractivity contribution in [1.82, 2.24) is 10.2 Å². The van der Waals surface area contributed by atoms with E-state index in [1.165, 1.54) is 6.08 Å². The summed E-state index contributed by atoms with van der Waals surface area (Å²) in [6, 6.07) is 9.29. The number of aliphatic hydroxyl groups is 2. The van der Waals surface area contributed by atoms with E-state index in [2.05, 4.69) is 15.5 Å². The minimum Gasteiger partial charge on any atom is -0.394 e. The summed E-state index contributed by atoms with van der Waals surface area (Å²) in [5, 5.41) is 32.9. The number of morpholine rings is 1. The van der Waals surface area contributed by atoms with E-state index in [9.17, 15) is 9.90 Å². The molecule has 0 saturated carbocycles. The molecule has 0 spiro atoms. The monoisotopic (exact) mass is 374 g/mol. The average Bonchev–Trinajstić information content (AvgIpc) is 2.71. The second-order valence-corrected chi connectivity index (χ2v) is 6.22. The summed E-state index contributed by atoms with van der Waals surface area (Å²) in [5.41, 5.74) is 1.63. The molecule has 8 nitrogen and oxygen atoms in total. The van der Waals surface area contributed by atoms with Crippen LogP contribution in [0.4, 0.5) is 5.69 Å². The molecule has 146 valence electrons. The van der Waals surface area contributed by atoms with Gasteiger partial charge >= 0.3 is 0 Å². The molecule has 1 atom stereocenters. The molecule has 2 rings (SSSR count). The van der Waals surface area contributed by atoms with Crippen molar-refractivity contribution < 1.29 is 19.7 Å². The summed E-state index contributed by atoms with van der Waals surface area (Å²) in [7, 11) is 0. The molecule has 1 aliphatic rings. The Morgan fingerprint density at radius 3 is 2.67 bits per heavy atom. The summed E-state index contributed by atoms with van der Waals surface area (Å²) in [5.74, 6) is -0.585. The fraction of sp³-hybridized carbons (Fsp3) is 0.474. The molecule has 1 aromatic carbocycles. The molecular formula is C19H26N4O4. The summed E-state index contributed by atoms with van der Waals surface area (Å²) >= 11 is 0. The Labute approximate surface area is 159 Å². The Balaban J connectivity index is 1.84. The number of hydrogen-bond acceptors (Lipinski definition) is 7. The van der Waals surface area contributed by atoms with Crippen molar-refractivity contribution in [3.63, 3.8) is 0 Å². The molecular weight excluding hydrogens is 348 g/mol. The Morgan fingerprint density at radius 2 is 2.04 bits per heavy atom. The molecule has 1 saturated heterocycles. The fourth-order valence-electron chi connectivity index (χ4n) is 2.57. The van der Waals surface area contributed by atoms with Crippen LogP contribution in [0, 0.1) is 11.3 Å². The lowest BCUT2D eigenvalue weighted by atomic mass is 10.1. The molecule has 8 heteroatoms. The average molecular weight is 374 g/mol. The van der Waals surface area contributed by atoms with Crippen LogP contribution >= 0.6 is 0 Å². The lowest BCUT2D eigenvalue weighted by molar-refractivity contribution is -0.117. The maximum absolute atomic E-state index is 11.9. The Hall–Kier alpha value is -2.44. The van der Waals surface area contributed by atoms with Gasteiger partial charge in [-0.05, 0) is 23.8 Å². The normalized spacial score (nSPS) is 16.4. The van der Waals surface area contributed by atoms with Gasteiger partial charge in [0.1, 0.15) is 11.6 Å². The number of nitrogens with zero attached hydrogens (tertiary/aromatic N) is 2. The van der Waals surface area contributed by atoms with Gasteiger partial charge in [0.05, 0.1) is 25.9 Å². The molecule has 0 aromatic heterocycles. The first-order chi connectivity index (χ1) is 13.1. The number of nitriles is 1. The van der Waals surface area contributed by atoms with E-state index < -0.39 is 18.6 Å². The van der Waals surface area contributed by atoms with Crippen LogP contribution in [0.25, 0.3) is 6.08 Å². The van der Waals surface area contributed by atoms with Crippen LogP contribution in [0.5, 0.6) is 0 Å². The molecule has 1 aromatic rings. The molecule has 4 N–H and O–H groups in total. The summed E-state index contributed by atoms with van der Waals surface area (Å²) < 4.78 is 5.33. The second-order valence-electron chi connectivity index (χ2n) is 6.22. The van der Waals surface area contributed by atoms with Gasteiger partial charge in [0.25, 0.3) is 5.91 Å². The second kappa shape index (κ2) is 11.3. The minimum absolute atomic E-state index is 0.0619. The van der Waals surface area contributed by atoms with Crippen molar-refractivity contribution in [2.24, 2.45) is 0 Å². The zero-order chi connectivity index (χ0) is 19.5. The van der Waals surface area contributed by atoms with Gasteiger partial charge in [0.15, 0.2) is 0 Å². The third-order valence-corrected chi connectivity index (χ3v) is 4.16. The number of anilines is 1. The zero-order valence-electron chi connectivity index (χ0n) is 15.2. The van der Waals surface area contributed by atoms with Crippen molar-refractivity contribution in [1.29, 1.82) is 5.26 Å². The summed E-state index contributed by atoms with van der Waals surface area (Å²) in [6.07, 6.45) is 0.440. The summed E-state index contributed by atoms with van der Waals surface area (Å²) in [6.45, 7) is 4.70. The first-order valence-electron chi connectivity index (χ1n) is 8.95. The Kier molecular flexibility index (Phi) is 8.74. The SMILES string of the molecule is N#CC(=Cc1ccc(NCCN2CCOCC2)cc1)C(=O)NCC(O)CO. The van der Waals surface area contributed by atoms with Gasteiger partial charge in [-0.25, -0.2) is 0 Å². The fourth-order valence-corrected chi connectivity index (χ4v) is 2.57. The van der Waals surface area contributed by atoms with Gasteiger partial charge in [-0.1, -0.05) is 12.1 Å². The number of nitrogens with one attached hydrogen (secondary N) is 2. The van der Waals surface area contributed by atoms with Crippen molar-refractivity contribution in [3.8, 4) is 6.07 Å². The van der Waals surface area contributed by atoms with Crippen LogP contribution in [-0.4, -0.2) is 79.7 Å². The molecule has 1 unspecified atom stereocenters. The highest BCUT2D eigenvalue weighted by Crippen LogP contribution is 2.12.